The zero-order valence-electron chi connectivity index (χ0n) is 13.4. The van der Waals surface area contributed by atoms with E-state index in [2.05, 4.69) is 4.72 Å². The Morgan fingerprint density at radius 1 is 1.30 bits per heavy atom. The van der Waals surface area contributed by atoms with Crippen molar-refractivity contribution < 1.29 is 13.3 Å². The second-order valence-electron chi connectivity index (χ2n) is 6.17. The molecular formula is C15H23N3O4S. The molecule has 0 aliphatic heterocycles. The van der Waals surface area contributed by atoms with E-state index in [1.54, 1.807) is 13.8 Å². The lowest BCUT2D eigenvalue weighted by atomic mass is 9.99. The van der Waals surface area contributed by atoms with Crippen LogP contribution >= 0.6 is 0 Å². The van der Waals surface area contributed by atoms with Crippen LogP contribution in [0.4, 0.5) is 5.69 Å². The number of nitrogens with two attached hydrogens (primary N) is 1. The third-order valence-corrected chi connectivity index (χ3v) is 6.14. The largest absolute Gasteiger partial charge is 0.329 e. The fraction of sp³-hybridized carbons (Fsp3) is 0.600. The molecule has 0 saturated heterocycles. The van der Waals surface area contributed by atoms with Gasteiger partial charge in [-0.1, -0.05) is 12.8 Å². The van der Waals surface area contributed by atoms with Crippen molar-refractivity contribution in [1.29, 1.82) is 0 Å². The van der Waals surface area contributed by atoms with E-state index in [-0.39, 0.29) is 29.1 Å². The second kappa shape index (κ2) is 6.94. The number of sulfonamides is 1. The quantitative estimate of drug-likeness (QED) is 0.606. The van der Waals surface area contributed by atoms with Crippen molar-refractivity contribution >= 4 is 15.7 Å². The van der Waals surface area contributed by atoms with Crippen LogP contribution in [-0.2, 0) is 10.0 Å². The number of hydrogen-bond donors (Lipinski definition) is 2. The van der Waals surface area contributed by atoms with Gasteiger partial charge in [0.05, 0.1) is 9.82 Å². The summed E-state index contributed by atoms with van der Waals surface area (Å²) in [6.45, 7) is 3.45. The highest BCUT2D eigenvalue weighted by Crippen LogP contribution is 2.30. The fourth-order valence-electron chi connectivity index (χ4n) is 3.27. The molecule has 1 aliphatic carbocycles. The van der Waals surface area contributed by atoms with Gasteiger partial charge in [-0.15, -0.1) is 0 Å². The molecule has 0 radical (unpaired) electrons. The zero-order chi connectivity index (χ0) is 17.2. The van der Waals surface area contributed by atoms with Gasteiger partial charge in [-0.25, -0.2) is 13.1 Å². The minimum absolute atomic E-state index is 0.0498. The Kier molecular flexibility index (Phi) is 5.38. The first-order valence-electron chi connectivity index (χ1n) is 7.74. The van der Waals surface area contributed by atoms with E-state index >= 15 is 0 Å². The third-order valence-electron chi connectivity index (χ3n) is 4.51. The van der Waals surface area contributed by atoms with Crippen LogP contribution in [0, 0.1) is 29.9 Å². The molecule has 2 rings (SSSR count). The molecule has 128 valence electrons. The lowest BCUT2D eigenvalue weighted by Crippen LogP contribution is -2.44. The SMILES string of the molecule is Cc1cc(C)c(S(=O)(=O)NC(CN)C2CCCC2)cc1[N+](=O)[O-]. The van der Waals surface area contributed by atoms with Crippen molar-refractivity contribution in [3.05, 3.63) is 33.4 Å². The van der Waals surface area contributed by atoms with Gasteiger partial charge in [-0.05, 0) is 44.2 Å². The molecule has 1 fully saturated rings. The fourth-order valence-corrected chi connectivity index (χ4v) is 4.83. The van der Waals surface area contributed by atoms with Crippen molar-refractivity contribution in [2.24, 2.45) is 11.7 Å². The summed E-state index contributed by atoms with van der Waals surface area (Å²) >= 11 is 0. The number of nitrogens with zero attached hydrogens (tertiary/aromatic N) is 1. The first-order chi connectivity index (χ1) is 10.8. The number of nitro benzene ring substituents is 1. The number of benzene rings is 1. The normalized spacial score (nSPS) is 17.3. The Hall–Kier alpha value is -1.51. The van der Waals surface area contributed by atoms with Gasteiger partial charge in [0.25, 0.3) is 5.69 Å². The number of rotatable bonds is 6. The van der Waals surface area contributed by atoms with Crippen molar-refractivity contribution in [2.45, 2.75) is 50.5 Å². The van der Waals surface area contributed by atoms with E-state index in [1.165, 1.54) is 6.07 Å². The van der Waals surface area contributed by atoms with Crippen LogP contribution in [0.2, 0.25) is 0 Å². The van der Waals surface area contributed by atoms with Gasteiger partial charge in [0.2, 0.25) is 10.0 Å². The monoisotopic (exact) mass is 341 g/mol. The molecule has 1 unspecified atom stereocenters. The van der Waals surface area contributed by atoms with Gasteiger partial charge >= 0.3 is 0 Å². The van der Waals surface area contributed by atoms with Crippen LogP contribution in [0.15, 0.2) is 17.0 Å². The Morgan fingerprint density at radius 3 is 2.43 bits per heavy atom. The van der Waals surface area contributed by atoms with Crippen LogP contribution in [0.3, 0.4) is 0 Å². The predicted octanol–water partition coefficient (Wildman–Crippen LogP) is 2.01. The number of aryl methyl sites for hydroxylation is 2. The van der Waals surface area contributed by atoms with Crippen molar-refractivity contribution in [3.8, 4) is 0 Å². The average molecular weight is 341 g/mol. The maximum atomic E-state index is 12.7. The van der Waals surface area contributed by atoms with Crippen molar-refractivity contribution in [1.82, 2.24) is 4.72 Å². The Labute approximate surface area is 136 Å². The summed E-state index contributed by atoms with van der Waals surface area (Å²) in [7, 11) is -3.85. The summed E-state index contributed by atoms with van der Waals surface area (Å²) < 4.78 is 28.0. The molecule has 0 spiro atoms. The standard InChI is InChI=1S/C15H23N3O4S/c1-10-7-11(2)15(8-14(10)18(19)20)23(21,22)17-13(9-16)12-5-3-4-6-12/h7-8,12-13,17H,3-6,9,16H2,1-2H3. The topological polar surface area (TPSA) is 115 Å². The summed E-state index contributed by atoms with van der Waals surface area (Å²) in [6.07, 6.45) is 4.07. The van der Waals surface area contributed by atoms with Crippen LogP contribution < -0.4 is 10.5 Å². The first-order valence-corrected chi connectivity index (χ1v) is 9.22. The highest BCUT2D eigenvalue weighted by molar-refractivity contribution is 7.89. The van der Waals surface area contributed by atoms with Crippen LogP contribution in [0.5, 0.6) is 0 Å². The molecule has 1 atom stereocenters. The van der Waals surface area contributed by atoms with Gasteiger partial charge in [-0.2, -0.15) is 0 Å². The second-order valence-corrected chi connectivity index (χ2v) is 7.85. The molecule has 7 nitrogen and oxygen atoms in total. The average Bonchev–Trinajstić information content (AvgIpc) is 2.98. The van der Waals surface area contributed by atoms with E-state index in [4.69, 9.17) is 5.73 Å². The van der Waals surface area contributed by atoms with Gasteiger partial charge in [0.15, 0.2) is 0 Å². The summed E-state index contributed by atoms with van der Waals surface area (Å²) in [5.41, 5.74) is 6.48. The van der Waals surface area contributed by atoms with Crippen LogP contribution in [0.1, 0.15) is 36.8 Å². The highest BCUT2D eigenvalue weighted by atomic mass is 32.2. The molecule has 23 heavy (non-hydrogen) atoms. The number of hydrogen-bond acceptors (Lipinski definition) is 5. The van der Waals surface area contributed by atoms with Crippen molar-refractivity contribution in [3.63, 3.8) is 0 Å². The summed E-state index contributed by atoms with van der Waals surface area (Å²) in [5.74, 6) is 0.232. The summed E-state index contributed by atoms with van der Waals surface area (Å²) in [4.78, 5) is 10.5. The van der Waals surface area contributed by atoms with Gasteiger partial charge in [-0.3, -0.25) is 10.1 Å². The maximum Gasteiger partial charge on any atom is 0.273 e. The van der Waals surface area contributed by atoms with Gasteiger partial charge in [0.1, 0.15) is 0 Å². The van der Waals surface area contributed by atoms with Gasteiger partial charge in [0, 0.05) is 24.2 Å². The molecular weight excluding hydrogens is 318 g/mol. The first kappa shape index (κ1) is 17.8. The van der Waals surface area contributed by atoms with E-state index in [0.717, 1.165) is 31.7 Å². The molecule has 3 N–H and O–H groups in total. The minimum atomic E-state index is -3.85. The molecule has 1 aromatic carbocycles. The highest BCUT2D eigenvalue weighted by Gasteiger charge is 2.30. The molecule has 1 aromatic rings. The van der Waals surface area contributed by atoms with Crippen LogP contribution in [-0.4, -0.2) is 25.9 Å². The Morgan fingerprint density at radius 2 is 1.91 bits per heavy atom. The number of nitrogens with one attached hydrogen (secondary N) is 1. The Bertz CT molecular complexity index is 697. The molecule has 8 heteroatoms. The van der Waals surface area contributed by atoms with Crippen LogP contribution in [0.25, 0.3) is 0 Å². The number of nitro groups is 1. The third kappa shape index (κ3) is 3.88. The van der Waals surface area contributed by atoms with Crippen molar-refractivity contribution in [2.75, 3.05) is 6.54 Å². The summed E-state index contributed by atoms with van der Waals surface area (Å²) in [5, 5.41) is 11.1. The van der Waals surface area contributed by atoms with Gasteiger partial charge < -0.3 is 5.73 Å². The summed E-state index contributed by atoms with van der Waals surface area (Å²) in [6, 6.07) is 2.33. The molecule has 0 amide bonds. The Balaban J connectivity index is 2.35. The van der Waals surface area contributed by atoms with E-state index in [0.29, 0.717) is 11.1 Å². The molecule has 0 heterocycles. The van der Waals surface area contributed by atoms with E-state index < -0.39 is 14.9 Å². The van der Waals surface area contributed by atoms with E-state index in [9.17, 15) is 18.5 Å². The predicted molar refractivity (Wildman–Crippen MR) is 87.7 cm³/mol. The molecule has 0 bridgehead atoms. The molecule has 1 aliphatic rings. The maximum absolute atomic E-state index is 12.7. The minimum Gasteiger partial charge on any atom is -0.329 e. The lowest BCUT2D eigenvalue weighted by molar-refractivity contribution is -0.385. The zero-order valence-corrected chi connectivity index (χ0v) is 14.2. The van der Waals surface area contributed by atoms with E-state index in [1.807, 2.05) is 0 Å². The smallest absolute Gasteiger partial charge is 0.273 e. The molecule has 1 saturated carbocycles. The lowest BCUT2D eigenvalue weighted by Gasteiger charge is -2.23. The molecule has 0 aromatic heterocycles.